The summed E-state index contributed by atoms with van der Waals surface area (Å²) in [7, 11) is 0. The van der Waals surface area contributed by atoms with Crippen LogP contribution >= 0.6 is 0 Å². The number of benzene rings is 1. The second kappa shape index (κ2) is 6.56. The Labute approximate surface area is 126 Å². The minimum atomic E-state index is -0.274. The predicted molar refractivity (Wildman–Crippen MR) is 82.3 cm³/mol. The van der Waals surface area contributed by atoms with Crippen LogP contribution in [0.25, 0.3) is 0 Å². The maximum Gasteiger partial charge on any atom is 0.223 e. The summed E-state index contributed by atoms with van der Waals surface area (Å²) in [4.78, 5) is 14.3. The van der Waals surface area contributed by atoms with E-state index in [9.17, 15) is 9.18 Å². The Bertz CT molecular complexity index is 516. The van der Waals surface area contributed by atoms with Crippen LogP contribution in [0.5, 0.6) is 0 Å². The van der Waals surface area contributed by atoms with Crippen molar-refractivity contribution in [2.24, 2.45) is 11.7 Å². The molecule has 4 heteroatoms. The largest absolute Gasteiger partial charge is 0.334 e. The third-order valence-electron chi connectivity index (χ3n) is 4.11. The van der Waals surface area contributed by atoms with E-state index in [1.54, 1.807) is 6.07 Å². The second-order valence-electron chi connectivity index (χ2n) is 6.44. The zero-order chi connectivity index (χ0) is 15.6. The Morgan fingerprint density at radius 1 is 1.43 bits per heavy atom. The zero-order valence-electron chi connectivity index (χ0n) is 13.1. The van der Waals surface area contributed by atoms with Gasteiger partial charge in [0.25, 0.3) is 0 Å². The first kappa shape index (κ1) is 16.0. The summed E-state index contributed by atoms with van der Waals surface area (Å²) in [6, 6.07) is 4.38. The number of carbonyl (C=O) groups is 1. The molecule has 1 saturated heterocycles. The van der Waals surface area contributed by atoms with Gasteiger partial charge in [-0.2, -0.15) is 0 Å². The van der Waals surface area contributed by atoms with Crippen molar-refractivity contribution in [3.8, 4) is 0 Å². The highest BCUT2D eigenvalue weighted by Gasteiger charge is 2.34. The fourth-order valence-corrected chi connectivity index (χ4v) is 3.11. The van der Waals surface area contributed by atoms with Crippen LogP contribution < -0.4 is 5.73 Å². The van der Waals surface area contributed by atoms with E-state index >= 15 is 0 Å². The summed E-state index contributed by atoms with van der Waals surface area (Å²) >= 11 is 0. The van der Waals surface area contributed by atoms with Crippen LogP contribution in [0.4, 0.5) is 4.39 Å². The molecular weight excluding hydrogens is 267 g/mol. The van der Waals surface area contributed by atoms with Gasteiger partial charge in [-0.1, -0.05) is 19.9 Å². The van der Waals surface area contributed by atoms with Crippen molar-refractivity contribution in [3.63, 3.8) is 0 Å². The van der Waals surface area contributed by atoms with Crippen molar-refractivity contribution in [3.05, 3.63) is 35.1 Å². The molecule has 2 atom stereocenters. The summed E-state index contributed by atoms with van der Waals surface area (Å²) < 4.78 is 13.7. The SMILES string of the molecule is Cc1ccc(F)cc1C1C(N)CCCC(=O)N1CC(C)C. The fraction of sp³-hybridized carbons (Fsp3) is 0.588. The molecular formula is C17H25FN2O. The van der Waals surface area contributed by atoms with Crippen LogP contribution in [0.1, 0.15) is 50.3 Å². The summed E-state index contributed by atoms with van der Waals surface area (Å²) in [6.07, 6.45) is 2.13. The fourth-order valence-electron chi connectivity index (χ4n) is 3.11. The smallest absolute Gasteiger partial charge is 0.223 e. The minimum Gasteiger partial charge on any atom is -0.334 e. The second-order valence-corrected chi connectivity index (χ2v) is 6.44. The first-order valence-corrected chi connectivity index (χ1v) is 7.71. The molecule has 1 aromatic rings. The van der Waals surface area contributed by atoms with Crippen LogP contribution in [-0.2, 0) is 4.79 Å². The van der Waals surface area contributed by atoms with E-state index in [0.717, 1.165) is 24.0 Å². The average Bonchev–Trinajstić information content (AvgIpc) is 2.53. The topological polar surface area (TPSA) is 46.3 Å². The van der Waals surface area contributed by atoms with Gasteiger partial charge in [0.15, 0.2) is 0 Å². The minimum absolute atomic E-state index is 0.130. The molecule has 1 aliphatic rings. The van der Waals surface area contributed by atoms with Crippen molar-refractivity contribution < 1.29 is 9.18 Å². The lowest BCUT2D eigenvalue weighted by Crippen LogP contribution is -2.44. The Balaban J connectivity index is 2.46. The molecule has 0 spiro atoms. The molecule has 3 nitrogen and oxygen atoms in total. The van der Waals surface area contributed by atoms with Crippen molar-refractivity contribution in [1.82, 2.24) is 4.90 Å². The van der Waals surface area contributed by atoms with E-state index in [0.29, 0.717) is 18.9 Å². The molecule has 21 heavy (non-hydrogen) atoms. The zero-order valence-corrected chi connectivity index (χ0v) is 13.1. The van der Waals surface area contributed by atoms with Gasteiger partial charge in [-0.25, -0.2) is 4.39 Å². The number of likely N-dealkylation sites (tertiary alicyclic amines) is 1. The molecule has 0 radical (unpaired) electrons. The molecule has 0 bridgehead atoms. The molecule has 0 aromatic heterocycles. The molecule has 1 aliphatic heterocycles. The van der Waals surface area contributed by atoms with Crippen LogP contribution in [0, 0.1) is 18.7 Å². The van der Waals surface area contributed by atoms with Gasteiger partial charge in [-0.3, -0.25) is 4.79 Å². The van der Waals surface area contributed by atoms with Crippen LogP contribution in [-0.4, -0.2) is 23.4 Å². The molecule has 0 saturated carbocycles. The lowest BCUT2D eigenvalue weighted by Gasteiger charge is -2.36. The number of amides is 1. The maximum absolute atomic E-state index is 13.7. The third-order valence-corrected chi connectivity index (χ3v) is 4.11. The lowest BCUT2D eigenvalue weighted by molar-refractivity contribution is -0.133. The molecule has 2 rings (SSSR count). The number of hydrogen-bond donors (Lipinski definition) is 1. The quantitative estimate of drug-likeness (QED) is 0.930. The summed E-state index contributed by atoms with van der Waals surface area (Å²) in [5.41, 5.74) is 8.17. The van der Waals surface area contributed by atoms with Crippen LogP contribution in [0.15, 0.2) is 18.2 Å². The van der Waals surface area contributed by atoms with Crippen molar-refractivity contribution in [2.75, 3.05) is 6.54 Å². The van der Waals surface area contributed by atoms with Gasteiger partial charge >= 0.3 is 0 Å². The van der Waals surface area contributed by atoms with Gasteiger partial charge in [-0.05, 0) is 48.9 Å². The Hall–Kier alpha value is -1.42. The molecule has 1 fully saturated rings. The van der Waals surface area contributed by atoms with Crippen molar-refractivity contribution >= 4 is 5.91 Å². The number of nitrogens with zero attached hydrogens (tertiary/aromatic N) is 1. The molecule has 1 amide bonds. The standard InChI is InChI=1S/C17H25FN2O/c1-11(2)10-20-16(21)6-4-5-15(19)17(20)14-9-13(18)8-7-12(14)3/h7-9,11,15,17H,4-6,10,19H2,1-3H3. The van der Waals surface area contributed by atoms with Gasteiger partial charge in [0.2, 0.25) is 5.91 Å². The highest BCUT2D eigenvalue weighted by molar-refractivity contribution is 5.77. The highest BCUT2D eigenvalue weighted by Crippen LogP contribution is 2.33. The molecule has 1 aromatic carbocycles. The van der Waals surface area contributed by atoms with Crippen molar-refractivity contribution in [2.45, 2.75) is 52.1 Å². The number of rotatable bonds is 3. The monoisotopic (exact) mass is 292 g/mol. The first-order valence-electron chi connectivity index (χ1n) is 7.71. The molecule has 116 valence electrons. The molecule has 2 N–H and O–H groups in total. The van der Waals surface area contributed by atoms with Crippen molar-refractivity contribution in [1.29, 1.82) is 0 Å². The van der Waals surface area contributed by atoms with Crippen LogP contribution in [0.2, 0.25) is 0 Å². The van der Waals surface area contributed by atoms with Crippen LogP contribution in [0.3, 0.4) is 0 Å². The van der Waals surface area contributed by atoms with E-state index in [-0.39, 0.29) is 23.8 Å². The van der Waals surface area contributed by atoms with E-state index in [4.69, 9.17) is 5.73 Å². The third kappa shape index (κ3) is 3.62. The number of hydrogen-bond acceptors (Lipinski definition) is 2. The first-order chi connectivity index (χ1) is 9.90. The Morgan fingerprint density at radius 2 is 2.14 bits per heavy atom. The molecule has 0 aliphatic carbocycles. The summed E-state index contributed by atoms with van der Waals surface area (Å²) in [5.74, 6) is 0.213. The molecule has 1 heterocycles. The summed E-state index contributed by atoms with van der Waals surface area (Å²) in [5, 5.41) is 0. The van der Waals surface area contributed by atoms with Gasteiger partial charge in [0.1, 0.15) is 5.82 Å². The Morgan fingerprint density at radius 3 is 2.81 bits per heavy atom. The predicted octanol–water partition coefficient (Wildman–Crippen LogP) is 3.17. The summed E-state index contributed by atoms with van der Waals surface area (Å²) in [6.45, 7) is 6.77. The number of nitrogens with two attached hydrogens (primary N) is 1. The van der Waals surface area contributed by atoms with Gasteiger partial charge in [0.05, 0.1) is 6.04 Å². The number of halogens is 1. The normalized spacial score (nSPS) is 23.5. The highest BCUT2D eigenvalue weighted by atomic mass is 19.1. The van der Waals surface area contributed by atoms with Gasteiger partial charge < -0.3 is 10.6 Å². The number of aryl methyl sites for hydroxylation is 1. The molecule has 2 unspecified atom stereocenters. The Kier molecular flexibility index (Phi) is 4.99. The van der Waals surface area contributed by atoms with Gasteiger partial charge in [0, 0.05) is 19.0 Å². The van der Waals surface area contributed by atoms with Gasteiger partial charge in [-0.15, -0.1) is 0 Å². The number of carbonyl (C=O) groups excluding carboxylic acids is 1. The maximum atomic E-state index is 13.7. The average molecular weight is 292 g/mol. The van der Waals surface area contributed by atoms with E-state index in [1.165, 1.54) is 12.1 Å². The van der Waals surface area contributed by atoms with E-state index in [2.05, 4.69) is 13.8 Å². The van der Waals surface area contributed by atoms with E-state index in [1.807, 2.05) is 11.8 Å². The van der Waals surface area contributed by atoms with E-state index < -0.39 is 0 Å². The lowest BCUT2D eigenvalue weighted by atomic mass is 9.92.